The molecule has 2 aliphatic heterocycles. The van der Waals surface area contributed by atoms with Crippen molar-refractivity contribution in [2.24, 2.45) is 0 Å². The van der Waals surface area contributed by atoms with Crippen LogP contribution in [0.25, 0.3) is 0 Å². The fraction of sp³-hybridized carbons (Fsp3) is 0.625. The minimum absolute atomic E-state index is 0.637. The minimum Gasteiger partial charge on any atom is -0.382 e. The molecule has 0 aliphatic carbocycles. The summed E-state index contributed by atoms with van der Waals surface area (Å²) in [4.78, 5) is 2.52. The predicted molar refractivity (Wildman–Crippen MR) is 82.0 cm³/mol. The lowest BCUT2D eigenvalue weighted by atomic mass is 10.1. The van der Waals surface area contributed by atoms with Crippen molar-refractivity contribution >= 4 is 11.4 Å². The van der Waals surface area contributed by atoms with Gasteiger partial charge in [-0.05, 0) is 63.4 Å². The molecule has 0 spiro atoms. The third-order valence-electron chi connectivity index (χ3n) is 4.28. The number of nitrogens with one attached hydrogen (secondary N) is 2. The van der Waals surface area contributed by atoms with E-state index < -0.39 is 0 Å². The number of rotatable bonds is 3. The third-order valence-corrected chi connectivity index (χ3v) is 4.28. The molecule has 0 bridgehead atoms. The van der Waals surface area contributed by atoms with E-state index in [0.717, 1.165) is 13.1 Å². The van der Waals surface area contributed by atoms with Crippen LogP contribution < -0.4 is 15.5 Å². The summed E-state index contributed by atoms with van der Waals surface area (Å²) in [6, 6.07) is 9.60. The maximum atomic E-state index is 3.69. The highest BCUT2D eigenvalue weighted by molar-refractivity contribution is 5.58. The highest BCUT2D eigenvalue weighted by Gasteiger charge is 2.14. The SMILES string of the molecule is c1cc(NC2CCNCC2)cc(N2CCCCC2)c1. The van der Waals surface area contributed by atoms with Crippen LogP contribution >= 0.6 is 0 Å². The average Bonchev–Trinajstić information content (AvgIpc) is 2.49. The summed E-state index contributed by atoms with van der Waals surface area (Å²) in [6.45, 7) is 4.72. The zero-order valence-electron chi connectivity index (χ0n) is 11.7. The highest BCUT2D eigenvalue weighted by Crippen LogP contribution is 2.24. The second-order valence-corrected chi connectivity index (χ2v) is 5.77. The van der Waals surface area contributed by atoms with Gasteiger partial charge in [-0.25, -0.2) is 0 Å². The molecule has 0 saturated carbocycles. The summed E-state index contributed by atoms with van der Waals surface area (Å²) in [6.07, 6.45) is 6.53. The van der Waals surface area contributed by atoms with Gasteiger partial charge in [-0.3, -0.25) is 0 Å². The van der Waals surface area contributed by atoms with Crippen molar-refractivity contribution in [3.63, 3.8) is 0 Å². The zero-order chi connectivity index (χ0) is 12.9. The lowest BCUT2D eigenvalue weighted by Crippen LogP contribution is -2.35. The third kappa shape index (κ3) is 3.41. The van der Waals surface area contributed by atoms with Gasteiger partial charge in [-0.15, -0.1) is 0 Å². The van der Waals surface area contributed by atoms with E-state index >= 15 is 0 Å². The maximum absolute atomic E-state index is 3.69. The maximum Gasteiger partial charge on any atom is 0.0386 e. The van der Waals surface area contributed by atoms with Crippen LogP contribution in [-0.2, 0) is 0 Å². The minimum atomic E-state index is 0.637. The van der Waals surface area contributed by atoms with E-state index in [2.05, 4.69) is 39.8 Å². The first-order valence-corrected chi connectivity index (χ1v) is 7.74. The smallest absolute Gasteiger partial charge is 0.0386 e. The van der Waals surface area contributed by atoms with E-state index in [1.807, 2.05) is 0 Å². The van der Waals surface area contributed by atoms with Crippen LogP contribution in [0.2, 0.25) is 0 Å². The number of piperidine rings is 2. The van der Waals surface area contributed by atoms with Crippen molar-refractivity contribution in [3.05, 3.63) is 24.3 Å². The summed E-state index contributed by atoms with van der Waals surface area (Å²) < 4.78 is 0. The number of benzene rings is 1. The molecule has 19 heavy (non-hydrogen) atoms. The van der Waals surface area contributed by atoms with Gasteiger partial charge in [0.05, 0.1) is 0 Å². The quantitative estimate of drug-likeness (QED) is 0.874. The van der Waals surface area contributed by atoms with Crippen LogP contribution in [0.1, 0.15) is 32.1 Å². The lowest BCUT2D eigenvalue weighted by Gasteiger charge is -2.30. The monoisotopic (exact) mass is 259 g/mol. The Kier molecular flexibility index (Phi) is 4.23. The Morgan fingerprint density at radius 2 is 1.84 bits per heavy atom. The molecule has 1 aromatic rings. The molecule has 0 aromatic heterocycles. The molecule has 0 atom stereocenters. The Bertz CT molecular complexity index is 393. The van der Waals surface area contributed by atoms with Gasteiger partial charge in [0.2, 0.25) is 0 Å². The van der Waals surface area contributed by atoms with Gasteiger partial charge in [0.15, 0.2) is 0 Å². The largest absolute Gasteiger partial charge is 0.382 e. The molecule has 1 aromatic carbocycles. The molecule has 3 nitrogen and oxygen atoms in total. The molecule has 2 N–H and O–H groups in total. The summed E-state index contributed by atoms with van der Waals surface area (Å²) in [7, 11) is 0. The second kappa shape index (κ2) is 6.29. The Hall–Kier alpha value is -1.22. The predicted octanol–water partition coefficient (Wildman–Crippen LogP) is 2.84. The van der Waals surface area contributed by atoms with Gasteiger partial charge in [0.25, 0.3) is 0 Å². The molecule has 0 amide bonds. The van der Waals surface area contributed by atoms with E-state index in [-0.39, 0.29) is 0 Å². The van der Waals surface area contributed by atoms with Crippen molar-refractivity contribution in [3.8, 4) is 0 Å². The molecule has 3 heteroatoms. The molecule has 3 rings (SSSR count). The lowest BCUT2D eigenvalue weighted by molar-refractivity contribution is 0.479. The van der Waals surface area contributed by atoms with Crippen LogP contribution in [0.3, 0.4) is 0 Å². The zero-order valence-corrected chi connectivity index (χ0v) is 11.7. The van der Waals surface area contributed by atoms with Crippen molar-refractivity contribution < 1.29 is 0 Å². The molecule has 0 unspecified atom stereocenters. The number of anilines is 2. The normalized spacial score (nSPS) is 21.4. The van der Waals surface area contributed by atoms with Crippen LogP contribution in [0.5, 0.6) is 0 Å². The van der Waals surface area contributed by atoms with Gasteiger partial charge in [0, 0.05) is 30.5 Å². The topological polar surface area (TPSA) is 27.3 Å². The van der Waals surface area contributed by atoms with E-state index in [4.69, 9.17) is 0 Å². The van der Waals surface area contributed by atoms with E-state index in [1.165, 1.54) is 56.6 Å². The Morgan fingerprint density at radius 1 is 1.05 bits per heavy atom. The van der Waals surface area contributed by atoms with Crippen molar-refractivity contribution in [1.29, 1.82) is 0 Å². The van der Waals surface area contributed by atoms with Crippen LogP contribution in [0.4, 0.5) is 11.4 Å². The Balaban J connectivity index is 1.64. The molecule has 104 valence electrons. The van der Waals surface area contributed by atoms with Gasteiger partial charge >= 0.3 is 0 Å². The van der Waals surface area contributed by atoms with Crippen molar-refractivity contribution in [1.82, 2.24) is 5.32 Å². The second-order valence-electron chi connectivity index (χ2n) is 5.77. The molecule has 2 saturated heterocycles. The first kappa shape index (κ1) is 12.8. The average molecular weight is 259 g/mol. The fourth-order valence-electron chi connectivity index (χ4n) is 3.15. The van der Waals surface area contributed by atoms with E-state index in [0.29, 0.717) is 6.04 Å². The highest BCUT2D eigenvalue weighted by atomic mass is 15.1. The Labute approximate surface area is 116 Å². The molecule has 2 heterocycles. The van der Waals surface area contributed by atoms with Gasteiger partial charge in [0.1, 0.15) is 0 Å². The van der Waals surface area contributed by atoms with Crippen LogP contribution in [0, 0.1) is 0 Å². The first-order chi connectivity index (χ1) is 9.42. The summed E-state index contributed by atoms with van der Waals surface area (Å²) in [5, 5.41) is 7.11. The summed E-state index contributed by atoms with van der Waals surface area (Å²) in [5.74, 6) is 0. The van der Waals surface area contributed by atoms with Crippen molar-refractivity contribution in [2.45, 2.75) is 38.1 Å². The number of hydrogen-bond donors (Lipinski definition) is 2. The molecule has 0 radical (unpaired) electrons. The number of hydrogen-bond acceptors (Lipinski definition) is 3. The van der Waals surface area contributed by atoms with Gasteiger partial charge in [-0.2, -0.15) is 0 Å². The molecular weight excluding hydrogens is 234 g/mol. The Morgan fingerprint density at radius 3 is 2.63 bits per heavy atom. The molecule has 2 aliphatic rings. The van der Waals surface area contributed by atoms with E-state index in [9.17, 15) is 0 Å². The van der Waals surface area contributed by atoms with E-state index in [1.54, 1.807) is 0 Å². The molecular formula is C16H25N3. The fourth-order valence-corrected chi connectivity index (χ4v) is 3.15. The van der Waals surface area contributed by atoms with Crippen LogP contribution in [0.15, 0.2) is 24.3 Å². The summed E-state index contributed by atoms with van der Waals surface area (Å²) >= 11 is 0. The number of nitrogens with zero attached hydrogens (tertiary/aromatic N) is 1. The first-order valence-electron chi connectivity index (χ1n) is 7.74. The molecule has 2 fully saturated rings. The van der Waals surface area contributed by atoms with Crippen LogP contribution in [-0.4, -0.2) is 32.2 Å². The summed E-state index contributed by atoms with van der Waals surface area (Å²) in [5.41, 5.74) is 2.67. The van der Waals surface area contributed by atoms with Gasteiger partial charge in [-0.1, -0.05) is 6.07 Å². The van der Waals surface area contributed by atoms with Gasteiger partial charge < -0.3 is 15.5 Å². The van der Waals surface area contributed by atoms with Crippen molar-refractivity contribution in [2.75, 3.05) is 36.4 Å². The standard InChI is InChI=1S/C16H25N3/c1-2-11-19(12-3-1)16-6-4-5-15(13-16)18-14-7-9-17-10-8-14/h4-6,13-14,17-18H,1-3,7-12H2.